The third-order valence-electron chi connectivity index (χ3n) is 6.53. The minimum Gasteiger partial charge on any atom is -0.354 e. The monoisotopic (exact) mass is 560 g/mol. The second-order valence-electron chi connectivity index (χ2n) is 9.31. The Morgan fingerprint density at radius 2 is 1.52 bits per heavy atom. The molecular weight excluding hydrogens is 538 g/mol. The molecule has 1 unspecified atom stereocenters. The molecule has 1 amide bonds. The highest BCUT2D eigenvalue weighted by atomic mass is 19.4. The lowest BCUT2D eigenvalue weighted by atomic mass is 9.96. The molecule has 0 spiro atoms. The Bertz CT molecular complexity index is 1450. The number of alkyl halides is 6. The Balaban J connectivity index is 1.30. The number of carbonyl (C=O) groups excluding carboxylic acids is 1. The first-order chi connectivity index (χ1) is 19.0. The quantitative estimate of drug-likeness (QED) is 0.293. The SMILES string of the molecule is O=C(Nc1cc(C(F)(F)F)cc(C(F)(F)F)c1)C1CCCN(c2ccc(-n3ccnc3-c3ccccc3)nn2)C1. The Hall–Kier alpha value is -4.42. The van der Waals surface area contributed by atoms with E-state index in [0.29, 0.717) is 49.0 Å². The third kappa shape index (κ3) is 5.92. The number of anilines is 2. The van der Waals surface area contributed by atoms with Crippen molar-refractivity contribution in [2.24, 2.45) is 5.92 Å². The van der Waals surface area contributed by atoms with Crippen LogP contribution in [-0.4, -0.2) is 38.7 Å². The molecule has 4 aromatic rings. The first kappa shape index (κ1) is 27.2. The van der Waals surface area contributed by atoms with Crippen LogP contribution in [0, 0.1) is 5.92 Å². The average Bonchev–Trinajstić information content (AvgIpc) is 3.43. The number of benzene rings is 2. The van der Waals surface area contributed by atoms with Crippen LogP contribution in [-0.2, 0) is 17.1 Å². The van der Waals surface area contributed by atoms with E-state index in [-0.39, 0.29) is 12.6 Å². The van der Waals surface area contributed by atoms with Crippen molar-refractivity contribution in [1.82, 2.24) is 19.7 Å². The zero-order valence-corrected chi connectivity index (χ0v) is 20.7. The summed E-state index contributed by atoms with van der Waals surface area (Å²) in [5.74, 6) is 0.336. The summed E-state index contributed by atoms with van der Waals surface area (Å²) < 4.78 is 80.9. The fourth-order valence-corrected chi connectivity index (χ4v) is 4.58. The van der Waals surface area contributed by atoms with Crippen LogP contribution in [0.1, 0.15) is 24.0 Å². The number of imidazole rings is 1. The fourth-order valence-electron chi connectivity index (χ4n) is 4.58. The van der Waals surface area contributed by atoms with Gasteiger partial charge in [-0.3, -0.25) is 9.36 Å². The van der Waals surface area contributed by atoms with E-state index in [1.54, 1.807) is 29.1 Å². The van der Waals surface area contributed by atoms with Gasteiger partial charge in [0.1, 0.15) is 5.82 Å². The number of amides is 1. The molecule has 1 saturated heterocycles. The average molecular weight is 561 g/mol. The van der Waals surface area contributed by atoms with Crippen molar-refractivity contribution in [1.29, 1.82) is 0 Å². The lowest BCUT2D eigenvalue weighted by Crippen LogP contribution is -2.41. The van der Waals surface area contributed by atoms with Gasteiger partial charge in [0.25, 0.3) is 0 Å². The molecule has 2 aromatic heterocycles. The molecule has 0 saturated carbocycles. The minimum absolute atomic E-state index is 0.0208. The van der Waals surface area contributed by atoms with Crippen LogP contribution in [0.3, 0.4) is 0 Å². The van der Waals surface area contributed by atoms with E-state index >= 15 is 0 Å². The number of hydrogen-bond acceptors (Lipinski definition) is 5. The van der Waals surface area contributed by atoms with Gasteiger partial charge in [-0.05, 0) is 43.2 Å². The maximum absolute atomic E-state index is 13.2. The number of nitrogens with zero attached hydrogens (tertiary/aromatic N) is 5. The highest BCUT2D eigenvalue weighted by molar-refractivity contribution is 5.93. The molecule has 40 heavy (non-hydrogen) atoms. The molecule has 13 heteroatoms. The predicted molar refractivity (Wildman–Crippen MR) is 135 cm³/mol. The van der Waals surface area contributed by atoms with E-state index in [1.165, 1.54) is 0 Å². The molecular formula is C27H22F6N6O. The Morgan fingerprint density at radius 3 is 2.15 bits per heavy atom. The van der Waals surface area contributed by atoms with Crippen LogP contribution in [0.4, 0.5) is 37.8 Å². The number of halogens is 6. The fraction of sp³-hybridized carbons (Fsp3) is 0.259. The summed E-state index contributed by atoms with van der Waals surface area (Å²) in [6.45, 7) is 0.727. The van der Waals surface area contributed by atoms with Gasteiger partial charge in [0.05, 0.1) is 17.0 Å². The molecule has 0 radical (unpaired) electrons. The smallest absolute Gasteiger partial charge is 0.354 e. The van der Waals surface area contributed by atoms with Crippen LogP contribution in [0.5, 0.6) is 0 Å². The van der Waals surface area contributed by atoms with Crippen molar-refractivity contribution in [3.63, 3.8) is 0 Å². The van der Waals surface area contributed by atoms with Gasteiger partial charge in [0.2, 0.25) is 5.91 Å². The Kier molecular flexibility index (Phi) is 7.21. The summed E-state index contributed by atoms with van der Waals surface area (Å²) >= 11 is 0. The van der Waals surface area contributed by atoms with E-state index in [4.69, 9.17) is 0 Å². The van der Waals surface area contributed by atoms with Gasteiger partial charge in [0, 0.05) is 36.7 Å². The van der Waals surface area contributed by atoms with Crippen molar-refractivity contribution in [2.45, 2.75) is 25.2 Å². The highest BCUT2D eigenvalue weighted by Crippen LogP contribution is 2.38. The van der Waals surface area contributed by atoms with Gasteiger partial charge >= 0.3 is 12.4 Å². The van der Waals surface area contributed by atoms with E-state index in [9.17, 15) is 31.1 Å². The van der Waals surface area contributed by atoms with Crippen molar-refractivity contribution in [2.75, 3.05) is 23.3 Å². The van der Waals surface area contributed by atoms with E-state index in [1.807, 2.05) is 35.2 Å². The topological polar surface area (TPSA) is 75.9 Å². The maximum atomic E-state index is 13.2. The van der Waals surface area contributed by atoms with Crippen molar-refractivity contribution < 1.29 is 31.1 Å². The molecule has 1 atom stereocenters. The van der Waals surface area contributed by atoms with Crippen LogP contribution < -0.4 is 10.2 Å². The number of hydrogen-bond donors (Lipinski definition) is 1. The first-order valence-corrected chi connectivity index (χ1v) is 12.3. The van der Waals surface area contributed by atoms with E-state index < -0.39 is 41.0 Å². The van der Waals surface area contributed by atoms with Crippen molar-refractivity contribution >= 4 is 17.4 Å². The summed E-state index contributed by atoms with van der Waals surface area (Å²) in [4.78, 5) is 19.1. The van der Waals surface area contributed by atoms with E-state index in [0.717, 1.165) is 5.56 Å². The van der Waals surface area contributed by atoms with Gasteiger partial charge < -0.3 is 10.2 Å². The molecule has 1 aliphatic rings. The zero-order valence-electron chi connectivity index (χ0n) is 20.7. The number of piperidine rings is 1. The molecule has 208 valence electrons. The number of nitrogens with one attached hydrogen (secondary N) is 1. The first-order valence-electron chi connectivity index (χ1n) is 12.3. The molecule has 5 rings (SSSR count). The molecule has 0 aliphatic carbocycles. The molecule has 0 bridgehead atoms. The largest absolute Gasteiger partial charge is 0.416 e. The molecule has 1 aliphatic heterocycles. The predicted octanol–water partition coefficient (Wildman–Crippen LogP) is 6.22. The van der Waals surface area contributed by atoms with Crippen LogP contribution in [0.2, 0.25) is 0 Å². The number of aromatic nitrogens is 4. The highest BCUT2D eigenvalue weighted by Gasteiger charge is 2.37. The summed E-state index contributed by atoms with van der Waals surface area (Å²) in [5.41, 5.74) is -2.66. The Morgan fingerprint density at radius 1 is 0.875 bits per heavy atom. The summed E-state index contributed by atoms with van der Waals surface area (Å²) in [6, 6.07) is 14.0. The van der Waals surface area contributed by atoms with Gasteiger partial charge in [-0.2, -0.15) is 26.3 Å². The van der Waals surface area contributed by atoms with Crippen LogP contribution in [0.25, 0.3) is 17.2 Å². The van der Waals surface area contributed by atoms with Gasteiger partial charge in [0.15, 0.2) is 11.6 Å². The minimum atomic E-state index is -5.01. The molecule has 7 nitrogen and oxygen atoms in total. The number of rotatable bonds is 5. The van der Waals surface area contributed by atoms with E-state index in [2.05, 4.69) is 20.5 Å². The lowest BCUT2D eigenvalue weighted by Gasteiger charge is -2.32. The van der Waals surface area contributed by atoms with Gasteiger partial charge in [-0.25, -0.2) is 4.98 Å². The van der Waals surface area contributed by atoms with Crippen molar-refractivity contribution in [3.8, 4) is 17.2 Å². The normalized spacial score (nSPS) is 16.1. The standard InChI is InChI=1S/C27H22F6N6O/c28-26(29,30)19-13-20(27(31,32)33)15-21(14-19)35-25(40)18-7-4-11-38(16-18)22-8-9-23(37-36-22)39-12-10-34-24(39)17-5-2-1-3-6-17/h1-3,5-6,8-10,12-15,18H,4,7,11,16H2,(H,35,40). The molecule has 1 fully saturated rings. The summed E-state index contributed by atoms with van der Waals surface area (Å²) in [6.07, 6.45) is -5.64. The third-order valence-corrected chi connectivity index (χ3v) is 6.53. The van der Waals surface area contributed by atoms with Crippen LogP contribution in [0.15, 0.2) is 73.1 Å². The second kappa shape index (κ2) is 10.6. The van der Waals surface area contributed by atoms with Crippen LogP contribution >= 0.6 is 0 Å². The molecule has 2 aromatic carbocycles. The maximum Gasteiger partial charge on any atom is 0.416 e. The number of carbonyl (C=O) groups is 1. The Labute approximate surface area is 224 Å². The molecule has 1 N–H and O–H groups in total. The van der Waals surface area contributed by atoms with Crippen molar-refractivity contribution in [3.05, 3.63) is 84.2 Å². The summed E-state index contributed by atoms with van der Waals surface area (Å²) in [5, 5.41) is 10.8. The lowest BCUT2D eigenvalue weighted by molar-refractivity contribution is -0.143. The van der Waals surface area contributed by atoms with Gasteiger partial charge in [-0.1, -0.05) is 30.3 Å². The van der Waals surface area contributed by atoms with Gasteiger partial charge in [-0.15, -0.1) is 10.2 Å². The second-order valence-corrected chi connectivity index (χ2v) is 9.31. The summed E-state index contributed by atoms with van der Waals surface area (Å²) in [7, 11) is 0. The zero-order chi connectivity index (χ0) is 28.5. The molecule has 3 heterocycles.